The Balaban J connectivity index is 0.00000261. The Bertz CT molecular complexity index is 781. The van der Waals surface area contributed by atoms with Crippen LogP contribution in [0.1, 0.15) is 23.2 Å². The Labute approximate surface area is 165 Å². The van der Waals surface area contributed by atoms with Gasteiger partial charge in [0.1, 0.15) is 0 Å². The van der Waals surface area contributed by atoms with Gasteiger partial charge in [-0.15, -0.1) is 12.4 Å². The first-order valence-corrected chi connectivity index (χ1v) is 10.3. The highest BCUT2D eigenvalue weighted by atomic mass is 35.5. The van der Waals surface area contributed by atoms with E-state index in [0.717, 1.165) is 30.2 Å². The molecule has 0 spiro atoms. The lowest BCUT2D eigenvalue weighted by atomic mass is 10.00. The predicted molar refractivity (Wildman–Crippen MR) is 103 cm³/mol. The van der Waals surface area contributed by atoms with Gasteiger partial charge in [-0.2, -0.15) is 4.31 Å². The van der Waals surface area contributed by atoms with Crippen LogP contribution in [0.3, 0.4) is 0 Å². The van der Waals surface area contributed by atoms with Crippen LogP contribution in [0.15, 0.2) is 29.2 Å². The number of hydrogen-bond donors (Lipinski definition) is 3. The first kappa shape index (κ1) is 21.6. The third kappa shape index (κ3) is 5.41. The number of piperazine rings is 1. The summed E-state index contributed by atoms with van der Waals surface area (Å²) in [4.78, 5) is 23.9. The number of carbonyl (C=O) groups excluding carboxylic acids is 2. The number of carbonyl (C=O) groups is 2. The first-order valence-electron chi connectivity index (χ1n) is 8.82. The summed E-state index contributed by atoms with van der Waals surface area (Å²) >= 11 is 0. The van der Waals surface area contributed by atoms with Crippen LogP contribution in [0.25, 0.3) is 0 Å². The van der Waals surface area contributed by atoms with Gasteiger partial charge < -0.3 is 16.0 Å². The molecule has 0 aromatic heterocycles. The number of halogens is 1. The van der Waals surface area contributed by atoms with Crippen molar-refractivity contribution in [3.05, 3.63) is 29.8 Å². The zero-order valence-electron chi connectivity index (χ0n) is 14.9. The third-order valence-electron chi connectivity index (χ3n) is 4.69. The predicted octanol–water partition coefficient (Wildman–Crippen LogP) is -0.0417. The highest BCUT2D eigenvalue weighted by molar-refractivity contribution is 7.89. The molecule has 150 valence electrons. The summed E-state index contributed by atoms with van der Waals surface area (Å²) in [5, 5.41) is 8.78. The van der Waals surface area contributed by atoms with Crippen molar-refractivity contribution in [3.63, 3.8) is 0 Å². The summed E-state index contributed by atoms with van der Waals surface area (Å²) in [6.07, 6.45) is 2.16. The van der Waals surface area contributed by atoms with E-state index in [2.05, 4.69) is 16.0 Å². The van der Waals surface area contributed by atoms with Crippen LogP contribution < -0.4 is 16.0 Å². The van der Waals surface area contributed by atoms with Crippen LogP contribution >= 0.6 is 12.4 Å². The maximum atomic E-state index is 12.7. The molecular formula is C17H25ClN4O4S. The fraction of sp³-hybridized carbons (Fsp3) is 0.529. The Morgan fingerprint density at radius 3 is 2.81 bits per heavy atom. The lowest BCUT2D eigenvalue weighted by Crippen LogP contribution is -2.49. The van der Waals surface area contributed by atoms with E-state index in [1.165, 1.54) is 12.1 Å². The van der Waals surface area contributed by atoms with Gasteiger partial charge in [0.25, 0.3) is 5.91 Å². The highest BCUT2D eigenvalue weighted by Gasteiger charge is 2.29. The van der Waals surface area contributed by atoms with E-state index in [0.29, 0.717) is 18.0 Å². The van der Waals surface area contributed by atoms with Gasteiger partial charge in [-0.25, -0.2) is 8.42 Å². The second kappa shape index (κ2) is 9.50. The minimum absolute atomic E-state index is 0. The second-order valence-electron chi connectivity index (χ2n) is 6.64. The van der Waals surface area contributed by atoms with Gasteiger partial charge in [0.2, 0.25) is 15.9 Å². The molecule has 2 aliphatic rings. The molecule has 0 saturated carbocycles. The van der Waals surface area contributed by atoms with E-state index < -0.39 is 10.0 Å². The molecule has 0 aliphatic carbocycles. The van der Waals surface area contributed by atoms with Crippen molar-refractivity contribution >= 4 is 34.2 Å². The van der Waals surface area contributed by atoms with Crippen LogP contribution in [-0.4, -0.2) is 63.8 Å². The number of nitrogens with one attached hydrogen (secondary N) is 3. The Morgan fingerprint density at radius 1 is 1.30 bits per heavy atom. The quantitative estimate of drug-likeness (QED) is 0.624. The van der Waals surface area contributed by atoms with E-state index >= 15 is 0 Å². The van der Waals surface area contributed by atoms with E-state index in [1.807, 2.05) is 0 Å². The highest BCUT2D eigenvalue weighted by Crippen LogP contribution is 2.18. The van der Waals surface area contributed by atoms with E-state index in [1.54, 1.807) is 12.1 Å². The molecule has 2 aliphatic heterocycles. The molecular weight excluding hydrogens is 392 g/mol. The lowest BCUT2D eigenvalue weighted by Gasteiger charge is -2.26. The lowest BCUT2D eigenvalue weighted by molar-refractivity contribution is -0.122. The van der Waals surface area contributed by atoms with Crippen molar-refractivity contribution in [1.82, 2.24) is 20.3 Å². The van der Waals surface area contributed by atoms with Crippen molar-refractivity contribution in [2.24, 2.45) is 5.92 Å². The SMILES string of the molecule is Cl.O=C1CN(S(=O)(=O)c2cccc(C(=O)NCC3CCCNC3)c2)CCN1. The molecule has 3 N–H and O–H groups in total. The molecule has 1 aromatic carbocycles. The van der Waals surface area contributed by atoms with Gasteiger partial charge in [0.05, 0.1) is 11.4 Å². The molecule has 10 heteroatoms. The fourth-order valence-corrected chi connectivity index (χ4v) is 4.65. The molecule has 1 atom stereocenters. The summed E-state index contributed by atoms with van der Waals surface area (Å²) < 4.78 is 26.6. The molecule has 8 nitrogen and oxygen atoms in total. The Hall–Kier alpha value is -1.68. The monoisotopic (exact) mass is 416 g/mol. The molecule has 27 heavy (non-hydrogen) atoms. The zero-order valence-corrected chi connectivity index (χ0v) is 16.6. The Morgan fingerprint density at radius 2 is 2.11 bits per heavy atom. The summed E-state index contributed by atoms with van der Waals surface area (Å²) in [6, 6.07) is 5.96. The first-order chi connectivity index (χ1) is 12.5. The fourth-order valence-electron chi connectivity index (χ4n) is 3.20. The number of amides is 2. The normalized spacial score (nSPS) is 21.0. The number of nitrogens with zero attached hydrogens (tertiary/aromatic N) is 1. The largest absolute Gasteiger partial charge is 0.354 e. The number of rotatable bonds is 5. The van der Waals surface area contributed by atoms with Crippen LogP contribution in [0.5, 0.6) is 0 Å². The van der Waals surface area contributed by atoms with Crippen molar-refractivity contribution < 1.29 is 18.0 Å². The maximum absolute atomic E-state index is 12.7. The number of sulfonamides is 1. The van der Waals surface area contributed by atoms with E-state index in [-0.39, 0.29) is 48.8 Å². The molecule has 2 fully saturated rings. The summed E-state index contributed by atoms with van der Waals surface area (Å²) in [6.45, 7) is 2.76. The maximum Gasteiger partial charge on any atom is 0.251 e. The van der Waals surface area contributed by atoms with Crippen molar-refractivity contribution in [3.8, 4) is 0 Å². The minimum Gasteiger partial charge on any atom is -0.354 e. The van der Waals surface area contributed by atoms with Crippen LogP contribution in [-0.2, 0) is 14.8 Å². The molecule has 3 rings (SSSR count). The van der Waals surface area contributed by atoms with Gasteiger partial charge in [-0.1, -0.05) is 6.07 Å². The van der Waals surface area contributed by atoms with Gasteiger partial charge in [-0.05, 0) is 50.0 Å². The van der Waals surface area contributed by atoms with Gasteiger partial charge >= 0.3 is 0 Å². The van der Waals surface area contributed by atoms with E-state index in [9.17, 15) is 18.0 Å². The molecule has 0 radical (unpaired) electrons. The van der Waals surface area contributed by atoms with E-state index in [4.69, 9.17) is 0 Å². The average Bonchev–Trinajstić information content (AvgIpc) is 2.67. The van der Waals surface area contributed by atoms with Crippen LogP contribution in [0.4, 0.5) is 0 Å². The average molecular weight is 417 g/mol. The summed E-state index contributed by atoms with van der Waals surface area (Å²) in [7, 11) is -3.80. The standard InChI is InChI=1S/C17H24N4O4S.ClH/c22-16-12-21(8-7-19-16)26(24,25)15-5-1-4-14(9-15)17(23)20-11-13-3-2-6-18-10-13;/h1,4-5,9,13,18H,2-3,6-8,10-12H2,(H,19,22)(H,20,23);1H. The zero-order chi connectivity index (χ0) is 18.6. The van der Waals surface area contributed by atoms with Gasteiger partial charge in [0.15, 0.2) is 0 Å². The van der Waals surface area contributed by atoms with Crippen molar-refractivity contribution in [2.45, 2.75) is 17.7 Å². The molecule has 2 amide bonds. The second-order valence-corrected chi connectivity index (χ2v) is 8.58. The van der Waals surface area contributed by atoms with Gasteiger partial charge in [0, 0.05) is 25.2 Å². The number of hydrogen-bond acceptors (Lipinski definition) is 5. The number of benzene rings is 1. The summed E-state index contributed by atoms with van der Waals surface area (Å²) in [5.74, 6) is -0.217. The molecule has 1 unspecified atom stereocenters. The topological polar surface area (TPSA) is 108 Å². The molecule has 0 bridgehead atoms. The third-order valence-corrected chi connectivity index (χ3v) is 6.53. The number of piperidine rings is 1. The Kier molecular flexibility index (Phi) is 7.60. The molecule has 1 aromatic rings. The van der Waals surface area contributed by atoms with Crippen LogP contribution in [0, 0.1) is 5.92 Å². The van der Waals surface area contributed by atoms with Gasteiger partial charge in [-0.3, -0.25) is 9.59 Å². The molecule has 2 saturated heterocycles. The van der Waals surface area contributed by atoms with Crippen molar-refractivity contribution in [2.75, 3.05) is 39.3 Å². The smallest absolute Gasteiger partial charge is 0.251 e. The van der Waals surface area contributed by atoms with Crippen molar-refractivity contribution in [1.29, 1.82) is 0 Å². The van der Waals surface area contributed by atoms with Crippen LogP contribution in [0.2, 0.25) is 0 Å². The molecule has 2 heterocycles. The minimum atomic E-state index is -3.80. The summed E-state index contributed by atoms with van der Waals surface area (Å²) in [5.41, 5.74) is 0.302.